The molecule has 0 fully saturated rings. The number of nitrogen functional groups attached to an aromatic ring is 1. The lowest BCUT2D eigenvalue weighted by Gasteiger charge is -1.97. The van der Waals surface area contributed by atoms with E-state index in [1.807, 2.05) is 24.3 Å². The lowest BCUT2D eigenvalue weighted by molar-refractivity contribution is 1.10. The molecule has 2 rings (SSSR count). The molecule has 0 radical (unpaired) electrons. The zero-order chi connectivity index (χ0) is 9.26. The van der Waals surface area contributed by atoms with Crippen molar-refractivity contribution < 1.29 is 0 Å². The Morgan fingerprint density at radius 1 is 1.23 bits per heavy atom. The summed E-state index contributed by atoms with van der Waals surface area (Å²) in [5, 5.41) is 7.33. The fourth-order valence-corrected chi connectivity index (χ4v) is 1.32. The highest BCUT2D eigenvalue weighted by Crippen LogP contribution is 2.25. The van der Waals surface area contributed by atoms with Crippen LogP contribution in [0.4, 0.5) is 5.69 Å². The lowest BCUT2D eigenvalue weighted by Crippen LogP contribution is -1.84. The van der Waals surface area contributed by atoms with Crippen LogP contribution in [0.5, 0.6) is 0 Å². The second kappa shape index (κ2) is 3.11. The number of hydrogen-bond acceptors (Lipinski definition) is 2. The predicted octanol–water partition coefficient (Wildman–Crippen LogP) is 2.31. The minimum Gasteiger partial charge on any atom is -0.399 e. The first kappa shape index (κ1) is 8.13. The van der Waals surface area contributed by atoms with E-state index < -0.39 is 0 Å². The van der Waals surface area contributed by atoms with Gasteiger partial charge in [-0.3, -0.25) is 5.10 Å². The quantitative estimate of drug-likeness (QED) is 0.683. The van der Waals surface area contributed by atoms with E-state index in [1.54, 1.807) is 6.20 Å². The zero-order valence-electron chi connectivity index (χ0n) is 6.79. The largest absolute Gasteiger partial charge is 0.399 e. The molecule has 13 heavy (non-hydrogen) atoms. The Bertz CT molecular complexity index is 405. The van der Waals surface area contributed by atoms with Crippen molar-refractivity contribution in [3.05, 3.63) is 35.5 Å². The number of halogens is 1. The molecule has 0 aliphatic carbocycles. The molecule has 1 aromatic carbocycles. The molecule has 0 aliphatic rings. The van der Waals surface area contributed by atoms with Crippen LogP contribution in [-0.4, -0.2) is 10.2 Å². The first-order valence-electron chi connectivity index (χ1n) is 3.82. The van der Waals surface area contributed by atoms with Gasteiger partial charge in [0.2, 0.25) is 0 Å². The van der Waals surface area contributed by atoms with E-state index in [1.165, 1.54) is 0 Å². The van der Waals surface area contributed by atoms with E-state index in [4.69, 9.17) is 17.3 Å². The topological polar surface area (TPSA) is 54.7 Å². The predicted molar refractivity (Wildman–Crippen MR) is 53.4 cm³/mol. The average molecular weight is 194 g/mol. The molecule has 0 spiro atoms. The highest BCUT2D eigenvalue weighted by atomic mass is 35.5. The molecule has 1 aromatic heterocycles. The van der Waals surface area contributed by atoms with Crippen molar-refractivity contribution in [2.75, 3.05) is 5.73 Å². The number of aromatic amines is 1. The Morgan fingerprint density at radius 3 is 2.46 bits per heavy atom. The van der Waals surface area contributed by atoms with Crippen molar-refractivity contribution in [1.29, 1.82) is 0 Å². The van der Waals surface area contributed by atoms with Gasteiger partial charge >= 0.3 is 0 Å². The molecule has 0 atom stereocenters. The third-order valence-corrected chi connectivity index (χ3v) is 2.07. The van der Waals surface area contributed by atoms with E-state index in [9.17, 15) is 0 Å². The molecule has 3 N–H and O–H groups in total. The third kappa shape index (κ3) is 1.51. The molecule has 0 unspecified atom stereocenters. The van der Waals surface area contributed by atoms with Crippen LogP contribution in [0.25, 0.3) is 11.3 Å². The number of nitrogens with one attached hydrogen (secondary N) is 1. The summed E-state index contributed by atoms with van der Waals surface area (Å²) in [5.74, 6) is 0. The summed E-state index contributed by atoms with van der Waals surface area (Å²) in [6.45, 7) is 0. The van der Waals surface area contributed by atoms with Crippen LogP contribution in [0.2, 0.25) is 5.02 Å². The van der Waals surface area contributed by atoms with Gasteiger partial charge in [-0.2, -0.15) is 5.10 Å². The fourth-order valence-electron chi connectivity index (χ4n) is 1.12. The van der Waals surface area contributed by atoms with Crippen LogP contribution in [0.1, 0.15) is 0 Å². The summed E-state index contributed by atoms with van der Waals surface area (Å²) in [6.07, 6.45) is 1.65. The molecule has 0 saturated carbocycles. The van der Waals surface area contributed by atoms with Gasteiger partial charge in [0.15, 0.2) is 0 Å². The monoisotopic (exact) mass is 193 g/mol. The highest BCUT2D eigenvalue weighted by molar-refractivity contribution is 6.32. The number of nitrogens with two attached hydrogens (primary N) is 1. The van der Waals surface area contributed by atoms with Gasteiger partial charge in [0, 0.05) is 17.4 Å². The second-order valence-corrected chi connectivity index (χ2v) is 3.11. The molecule has 0 aliphatic heterocycles. The Kier molecular flexibility index (Phi) is 1.94. The van der Waals surface area contributed by atoms with Gasteiger partial charge in [0.25, 0.3) is 0 Å². The van der Waals surface area contributed by atoms with Gasteiger partial charge in [-0.15, -0.1) is 0 Å². The maximum absolute atomic E-state index is 5.89. The standard InChI is InChI=1S/C9H8ClN3/c10-8-5-12-13-9(8)6-1-3-7(11)4-2-6/h1-5H,11H2,(H,12,13). The highest BCUT2D eigenvalue weighted by Gasteiger charge is 2.04. The number of nitrogens with zero attached hydrogens (tertiary/aromatic N) is 1. The van der Waals surface area contributed by atoms with E-state index in [0.29, 0.717) is 5.02 Å². The van der Waals surface area contributed by atoms with Gasteiger partial charge in [-0.25, -0.2) is 0 Å². The molecular formula is C9H8ClN3. The fraction of sp³-hybridized carbons (Fsp3) is 0. The molecule has 0 bridgehead atoms. The van der Waals surface area contributed by atoms with Gasteiger partial charge in [-0.1, -0.05) is 23.7 Å². The summed E-state index contributed by atoms with van der Waals surface area (Å²) >= 11 is 5.89. The van der Waals surface area contributed by atoms with Gasteiger partial charge in [0.1, 0.15) is 5.69 Å². The van der Waals surface area contributed by atoms with Gasteiger partial charge in [-0.05, 0) is 12.1 Å². The van der Waals surface area contributed by atoms with Crippen molar-refractivity contribution in [2.45, 2.75) is 0 Å². The molecular weight excluding hydrogens is 186 g/mol. The minimum atomic E-state index is 0.616. The second-order valence-electron chi connectivity index (χ2n) is 2.70. The number of H-pyrrole nitrogens is 1. The summed E-state index contributed by atoms with van der Waals surface area (Å²) < 4.78 is 0. The van der Waals surface area contributed by atoms with Crippen molar-refractivity contribution >= 4 is 17.3 Å². The lowest BCUT2D eigenvalue weighted by atomic mass is 10.1. The van der Waals surface area contributed by atoms with Crippen LogP contribution < -0.4 is 5.73 Å². The van der Waals surface area contributed by atoms with Gasteiger partial charge < -0.3 is 5.73 Å². The molecule has 66 valence electrons. The van der Waals surface area contributed by atoms with Crippen LogP contribution in [0.3, 0.4) is 0 Å². The average Bonchev–Trinajstić information content (AvgIpc) is 2.53. The Balaban J connectivity index is 2.47. The van der Waals surface area contributed by atoms with Crippen molar-refractivity contribution in [3.8, 4) is 11.3 Å². The maximum atomic E-state index is 5.89. The number of rotatable bonds is 1. The van der Waals surface area contributed by atoms with Crippen LogP contribution in [0, 0.1) is 0 Å². The van der Waals surface area contributed by atoms with E-state index in [0.717, 1.165) is 16.9 Å². The van der Waals surface area contributed by atoms with Crippen LogP contribution >= 0.6 is 11.6 Å². The van der Waals surface area contributed by atoms with Gasteiger partial charge in [0.05, 0.1) is 5.02 Å². The Hall–Kier alpha value is -1.48. The Morgan fingerprint density at radius 2 is 1.92 bits per heavy atom. The molecule has 3 nitrogen and oxygen atoms in total. The minimum absolute atomic E-state index is 0.616. The number of anilines is 1. The normalized spacial score (nSPS) is 10.2. The number of hydrogen-bond donors (Lipinski definition) is 2. The number of benzene rings is 1. The van der Waals surface area contributed by atoms with Crippen LogP contribution in [-0.2, 0) is 0 Å². The number of aromatic nitrogens is 2. The first-order valence-corrected chi connectivity index (χ1v) is 4.20. The Labute approximate surface area is 80.5 Å². The molecule has 2 aromatic rings. The summed E-state index contributed by atoms with van der Waals surface area (Å²) in [5.41, 5.74) is 8.00. The third-order valence-electron chi connectivity index (χ3n) is 1.78. The van der Waals surface area contributed by atoms with Crippen molar-refractivity contribution in [1.82, 2.24) is 10.2 Å². The summed E-state index contributed by atoms with van der Waals surface area (Å²) in [6, 6.07) is 7.41. The molecule has 1 heterocycles. The first-order chi connectivity index (χ1) is 6.27. The summed E-state index contributed by atoms with van der Waals surface area (Å²) in [4.78, 5) is 0. The van der Waals surface area contributed by atoms with E-state index >= 15 is 0 Å². The SMILES string of the molecule is Nc1ccc(-c2n[nH]cc2Cl)cc1. The van der Waals surface area contributed by atoms with E-state index in [-0.39, 0.29) is 0 Å². The van der Waals surface area contributed by atoms with Crippen molar-refractivity contribution in [2.24, 2.45) is 0 Å². The van der Waals surface area contributed by atoms with Crippen molar-refractivity contribution in [3.63, 3.8) is 0 Å². The van der Waals surface area contributed by atoms with E-state index in [2.05, 4.69) is 10.2 Å². The molecule has 0 saturated heterocycles. The molecule has 4 heteroatoms. The summed E-state index contributed by atoms with van der Waals surface area (Å²) in [7, 11) is 0. The van der Waals surface area contributed by atoms with Crippen LogP contribution in [0.15, 0.2) is 30.5 Å². The molecule has 0 amide bonds. The zero-order valence-corrected chi connectivity index (χ0v) is 7.55. The maximum Gasteiger partial charge on any atom is 0.111 e. The smallest absolute Gasteiger partial charge is 0.111 e.